The van der Waals surface area contributed by atoms with Gasteiger partial charge in [-0.25, -0.2) is 9.97 Å². The average Bonchev–Trinajstić information content (AvgIpc) is 3.87. The van der Waals surface area contributed by atoms with Gasteiger partial charge >= 0.3 is 0 Å². The van der Waals surface area contributed by atoms with E-state index in [1.165, 1.54) is 11.3 Å². The van der Waals surface area contributed by atoms with Crippen molar-refractivity contribution in [2.45, 2.75) is 53.9 Å². The number of nitrogens with zero attached hydrogens (tertiary/aromatic N) is 8. The van der Waals surface area contributed by atoms with E-state index in [-0.39, 0.29) is 92.0 Å². The molecular weight excluding hydrogens is 790 g/mol. The quantitative estimate of drug-likeness (QED) is 0.121. The first kappa shape index (κ1) is 44.2. The van der Waals surface area contributed by atoms with Crippen molar-refractivity contribution in [3.8, 4) is 0 Å². The summed E-state index contributed by atoms with van der Waals surface area (Å²) in [5, 5.41) is 14.5. The largest absolute Gasteiger partial charge is 0.366 e. The van der Waals surface area contributed by atoms with E-state index in [0.717, 1.165) is 0 Å². The lowest BCUT2D eigenvalue weighted by Crippen LogP contribution is -2.20. The molecule has 21 heteroatoms. The molecule has 6 rings (SSSR count). The Labute approximate surface area is 332 Å². The van der Waals surface area contributed by atoms with Crippen LogP contribution in [0.3, 0.4) is 0 Å². The van der Waals surface area contributed by atoms with E-state index in [1.807, 2.05) is 39.8 Å². The van der Waals surface area contributed by atoms with E-state index in [1.54, 1.807) is 54.9 Å². The van der Waals surface area contributed by atoms with Crippen LogP contribution in [0, 0.1) is 13.8 Å². The van der Waals surface area contributed by atoms with Gasteiger partial charge in [-0.2, -0.15) is 10.2 Å². The molecule has 6 aromatic rings. The van der Waals surface area contributed by atoms with Crippen LogP contribution >= 0.6 is 61.0 Å². The molecule has 0 fully saturated rings. The number of aryl methyl sites for hydroxylation is 4. The summed E-state index contributed by atoms with van der Waals surface area (Å²) in [5.74, 6) is -1.38. The first-order valence-electron chi connectivity index (χ1n) is 15.4. The van der Waals surface area contributed by atoms with Crippen LogP contribution in [0.1, 0.15) is 66.2 Å². The molecule has 284 valence electrons. The van der Waals surface area contributed by atoms with Crippen LogP contribution in [0.15, 0.2) is 48.6 Å². The van der Waals surface area contributed by atoms with E-state index in [4.69, 9.17) is 11.5 Å². The highest BCUT2D eigenvalue weighted by atomic mass is 35.5. The van der Waals surface area contributed by atoms with Gasteiger partial charge in [-0.15, -0.1) is 61.0 Å². The number of nitrogens with one attached hydrogen (secondary N) is 2. The van der Waals surface area contributed by atoms with Crippen molar-refractivity contribution in [1.82, 2.24) is 38.7 Å². The van der Waals surface area contributed by atoms with Crippen LogP contribution in [0.25, 0.3) is 21.4 Å². The van der Waals surface area contributed by atoms with Gasteiger partial charge in [0.2, 0.25) is 17.8 Å². The number of fused-ring (bicyclic) bond motifs is 2. The molecule has 0 atom stereocenters. The zero-order chi connectivity index (χ0) is 35.0. The van der Waals surface area contributed by atoms with Crippen molar-refractivity contribution in [2.75, 3.05) is 10.6 Å². The Bertz CT molecular complexity index is 2320. The van der Waals surface area contributed by atoms with Gasteiger partial charge in [0, 0.05) is 31.7 Å². The Morgan fingerprint density at radius 2 is 1.23 bits per heavy atom. The third kappa shape index (κ3) is 9.00. The van der Waals surface area contributed by atoms with Crippen LogP contribution in [0.2, 0.25) is 0 Å². The number of aromatic nitrogens is 8. The van der Waals surface area contributed by atoms with Crippen LogP contribution in [0.5, 0.6) is 0 Å². The van der Waals surface area contributed by atoms with Crippen molar-refractivity contribution in [3.63, 3.8) is 0 Å². The number of amides is 4. The SMILES string of the molecule is CCn1nc(C)cc1C(=O)Nc1nc2cc(C(N)=O)ccc2n1C/C=C/Cn1c(NC(=O)c2cc(C)nn2CC)nc2cc(C(N)=O)sc21.Cl.Cl.Cl.Cl. The molecule has 0 radical (unpaired) electrons. The predicted octanol–water partition coefficient (Wildman–Crippen LogP) is 5.14. The second kappa shape index (κ2) is 18.2. The third-order valence-electron chi connectivity index (χ3n) is 7.76. The van der Waals surface area contributed by atoms with Gasteiger partial charge in [0.25, 0.3) is 17.7 Å². The van der Waals surface area contributed by atoms with Crippen LogP contribution in [0.4, 0.5) is 11.9 Å². The molecule has 0 saturated carbocycles. The zero-order valence-corrected chi connectivity index (χ0v) is 32.9. The monoisotopic (exact) mass is 826 g/mol. The summed E-state index contributed by atoms with van der Waals surface area (Å²) < 4.78 is 6.80. The number of carbonyl (C=O) groups excluding carboxylic acids is 4. The van der Waals surface area contributed by atoms with Crippen LogP contribution < -0.4 is 22.1 Å². The first-order chi connectivity index (χ1) is 23.5. The minimum Gasteiger partial charge on any atom is -0.366 e. The summed E-state index contributed by atoms with van der Waals surface area (Å²) in [5.41, 5.74) is 15.2. The van der Waals surface area contributed by atoms with E-state index in [2.05, 4.69) is 30.8 Å². The minimum atomic E-state index is -0.596. The van der Waals surface area contributed by atoms with Crippen LogP contribution in [-0.2, 0) is 26.2 Å². The Balaban J connectivity index is 0.00000243. The Morgan fingerprint density at radius 1 is 0.717 bits per heavy atom. The molecule has 6 N–H and O–H groups in total. The molecule has 1 aromatic carbocycles. The normalized spacial score (nSPS) is 10.7. The van der Waals surface area contributed by atoms with Crippen LogP contribution in [-0.4, -0.2) is 62.3 Å². The second-order valence-electron chi connectivity index (χ2n) is 11.2. The highest BCUT2D eigenvalue weighted by Crippen LogP contribution is 2.29. The molecular formula is C32H38Cl4N12O4S. The number of benzene rings is 1. The molecule has 4 amide bonds. The van der Waals surface area contributed by atoms with Crippen molar-refractivity contribution < 1.29 is 19.2 Å². The van der Waals surface area contributed by atoms with Crippen molar-refractivity contribution in [1.29, 1.82) is 0 Å². The number of hydrogen-bond acceptors (Lipinski definition) is 9. The number of primary amides is 2. The maximum atomic E-state index is 13.3. The maximum absolute atomic E-state index is 13.3. The number of rotatable bonds is 12. The number of halogens is 4. The molecule has 5 heterocycles. The lowest BCUT2D eigenvalue weighted by molar-refractivity contribution is 0.0993. The lowest BCUT2D eigenvalue weighted by Gasteiger charge is -2.10. The molecule has 0 aliphatic rings. The van der Waals surface area contributed by atoms with Gasteiger partial charge in [0.15, 0.2) is 0 Å². The summed E-state index contributed by atoms with van der Waals surface area (Å²) in [6, 6.07) is 9.89. The fourth-order valence-electron chi connectivity index (χ4n) is 5.50. The highest BCUT2D eigenvalue weighted by molar-refractivity contribution is 7.20. The molecule has 5 aromatic heterocycles. The molecule has 0 saturated heterocycles. The van der Waals surface area contributed by atoms with E-state index in [9.17, 15) is 19.2 Å². The van der Waals surface area contributed by atoms with E-state index < -0.39 is 11.8 Å². The molecule has 0 aliphatic heterocycles. The fraction of sp³-hybridized carbons (Fsp3) is 0.250. The van der Waals surface area contributed by atoms with E-state index in [0.29, 0.717) is 62.1 Å². The third-order valence-corrected chi connectivity index (χ3v) is 8.92. The van der Waals surface area contributed by atoms with Crippen molar-refractivity contribution in [2.24, 2.45) is 11.5 Å². The number of thiophene rings is 1. The summed E-state index contributed by atoms with van der Waals surface area (Å²) >= 11 is 1.18. The van der Waals surface area contributed by atoms with Crippen molar-refractivity contribution in [3.05, 3.63) is 81.8 Å². The van der Waals surface area contributed by atoms with Gasteiger partial charge < -0.3 is 16.0 Å². The second-order valence-corrected chi connectivity index (χ2v) is 12.2. The molecule has 0 aliphatic carbocycles. The Morgan fingerprint density at radius 3 is 1.74 bits per heavy atom. The van der Waals surface area contributed by atoms with Gasteiger partial charge in [-0.05, 0) is 64.1 Å². The molecule has 16 nitrogen and oxygen atoms in total. The Hall–Kier alpha value is -4.94. The number of hydrogen-bond donors (Lipinski definition) is 4. The number of carbonyl (C=O) groups is 4. The number of imidazole rings is 2. The molecule has 0 bridgehead atoms. The molecule has 53 heavy (non-hydrogen) atoms. The number of nitrogens with two attached hydrogens (primary N) is 2. The molecule has 0 unspecified atom stereocenters. The van der Waals surface area contributed by atoms with Crippen molar-refractivity contribution >= 4 is 118 Å². The number of allylic oxidation sites excluding steroid dienone is 2. The Kier molecular flexibility index (Phi) is 15.2. The maximum Gasteiger partial charge on any atom is 0.276 e. The zero-order valence-electron chi connectivity index (χ0n) is 28.9. The number of anilines is 2. The predicted molar refractivity (Wildman–Crippen MR) is 214 cm³/mol. The standard InChI is InChI=1S/C32H34N12O4S.4ClH/c1-5-43-23(13-17(3)39-43)28(47)37-31-35-20-15-19(26(33)45)9-10-22(20)41(31)11-7-8-12-42-30-21(16-25(49-30)27(34)46)36-32(42)38-29(48)24-14-18(4)40-44(24)6-2;;;;/h7-10,13-16H,5-6,11-12H2,1-4H3,(H2,33,45)(H2,34,46)(H,35,37,47)(H,36,38,48);4*1H/b8-7+;;;;. The highest BCUT2D eigenvalue weighted by Gasteiger charge is 2.21. The minimum absolute atomic E-state index is 0. The van der Waals surface area contributed by atoms with Gasteiger partial charge in [-0.3, -0.25) is 43.7 Å². The molecule has 0 spiro atoms. The smallest absolute Gasteiger partial charge is 0.276 e. The topological polar surface area (TPSA) is 216 Å². The summed E-state index contributed by atoms with van der Waals surface area (Å²) in [7, 11) is 0. The lowest BCUT2D eigenvalue weighted by atomic mass is 10.2. The van der Waals surface area contributed by atoms with Gasteiger partial charge in [0.05, 0.1) is 27.3 Å². The summed E-state index contributed by atoms with van der Waals surface area (Å²) in [6.45, 7) is 8.99. The van der Waals surface area contributed by atoms with E-state index >= 15 is 0 Å². The summed E-state index contributed by atoms with van der Waals surface area (Å²) in [4.78, 5) is 60.6. The first-order valence-corrected chi connectivity index (χ1v) is 16.3. The fourth-order valence-corrected chi connectivity index (χ4v) is 6.45. The summed E-state index contributed by atoms with van der Waals surface area (Å²) in [6.07, 6.45) is 3.74. The average molecular weight is 829 g/mol. The van der Waals surface area contributed by atoms with Gasteiger partial charge in [-0.1, -0.05) is 12.2 Å². The van der Waals surface area contributed by atoms with Gasteiger partial charge in [0.1, 0.15) is 21.7 Å².